The zero-order chi connectivity index (χ0) is 22.2. The SMILES string of the molecule is CCn1c(C(=O)NCCC(F)(F)F)nc2c(NC3CCN(C(=O)C4CC4)C3)ncnc21. The molecule has 2 aliphatic rings. The molecule has 1 atom stereocenters. The molecule has 3 heterocycles. The summed E-state index contributed by atoms with van der Waals surface area (Å²) in [6.07, 6.45) is -1.42. The van der Waals surface area contributed by atoms with Crippen LogP contribution in [0.4, 0.5) is 19.0 Å². The summed E-state index contributed by atoms with van der Waals surface area (Å²) in [5.41, 5.74) is 0.794. The molecule has 2 aromatic heterocycles. The van der Waals surface area contributed by atoms with E-state index in [9.17, 15) is 22.8 Å². The fourth-order valence-electron chi connectivity index (χ4n) is 3.77. The van der Waals surface area contributed by atoms with Crippen LogP contribution >= 0.6 is 0 Å². The normalized spacial score (nSPS) is 19.1. The topological polar surface area (TPSA) is 105 Å². The number of aryl methyl sites for hydroxylation is 1. The van der Waals surface area contributed by atoms with Crippen LogP contribution in [0.2, 0.25) is 0 Å². The number of anilines is 1. The average molecular weight is 439 g/mol. The minimum Gasteiger partial charge on any atom is -0.364 e. The Morgan fingerprint density at radius 2 is 2.00 bits per heavy atom. The minimum atomic E-state index is -4.35. The summed E-state index contributed by atoms with van der Waals surface area (Å²) in [7, 11) is 0. The molecule has 2 fully saturated rings. The summed E-state index contributed by atoms with van der Waals surface area (Å²) in [5, 5.41) is 5.56. The van der Waals surface area contributed by atoms with Gasteiger partial charge in [-0.2, -0.15) is 13.2 Å². The van der Waals surface area contributed by atoms with E-state index in [0.717, 1.165) is 19.3 Å². The van der Waals surface area contributed by atoms with Crippen molar-refractivity contribution in [2.75, 3.05) is 25.0 Å². The van der Waals surface area contributed by atoms with E-state index < -0.39 is 25.0 Å². The van der Waals surface area contributed by atoms with Crippen LogP contribution in [0.3, 0.4) is 0 Å². The van der Waals surface area contributed by atoms with Gasteiger partial charge in [0, 0.05) is 38.1 Å². The Morgan fingerprint density at radius 1 is 1.23 bits per heavy atom. The van der Waals surface area contributed by atoms with Gasteiger partial charge in [-0.05, 0) is 26.2 Å². The molecule has 168 valence electrons. The van der Waals surface area contributed by atoms with E-state index >= 15 is 0 Å². The van der Waals surface area contributed by atoms with E-state index in [1.54, 1.807) is 11.5 Å². The van der Waals surface area contributed by atoms with Gasteiger partial charge in [-0.25, -0.2) is 15.0 Å². The average Bonchev–Trinajstić information content (AvgIpc) is 3.34. The molecular weight excluding hydrogens is 415 g/mol. The Kier molecular flexibility index (Phi) is 5.71. The second-order valence-corrected chi connectivity index (χ2v) is 7.88. The number of aromatic nitrogens is 4. The monoisotopic (exact) mass is 439 g/mol. The van der Waals surface area contributed by atoms with Crippen molar-refractivity contribution in [3.8, 4) is 0 Å². The first-order valence-electron chi connectivity index (χ1n) is 10.4. The van der Waals surface area contributed by atoms with Gasteiger partial charge in [0.15, 0.2) is 17.0 Å². The number of halogens is 3. The zero-order valence-electron chi connectivity index (χ0n) is 17.1. The van der Waals surface area contributed by atoms with E-state index in [-0.39, 0.29) is 23.7 Å². The lowest BCUT2D eigenvalue weighted by atomic mass is 10.2. The van der Waals surface area contributed by atoms with Gasteiger partial charge in [0.05, 0.1) is 6.42 Å². The van der Waals surface area contributed by atoms with Crippen LogP contribution < -0.4 is 10.6 Å². The van der Waals surface area contributed by atoms with E-state index in [2.05, 4.69) is 25.6 Å². The van der Waals surface area contributed by atoms with Crippen molar-refractivity contribution in [3.63, 3.8) is 0 Å². The highest BCUT2D eigenvalue weighted by molar-refractivity contribution is 5.96. The van der Waals surface area contributed by atoms with E-state index in [1.165, 1.54) is 6.33 Å². The molecule has 2 amide bonds. The van der Waals surface area contributed by atoms with Crippen LogP contribution in [-0.4, -0.2) is 68.1 Å². The number of nitrogens with zero attached hydrogens (tertiary/aromatic N) is 5. The summed E-state index contributed by atoms with van der Waals surface area (Å²) in [4.78, 5) is 39.4. The van der Waals surface area contributed by atoms with Crippen molar-refractivity contribution in [2.45, 2.75) is 51.4 Å². The van der Waals surface area contributed by atoms with Gasteiger partial charge in [-0.15, -0.1) is 0 Å². The summed E-state index contributed by atoms with van der Waals surface area (Å²) >= 11 is 0. The van der Waals surface area contributed by atoms with Crippen LogP contribution in [0, 0.1) is 5.92 Å². The van der Waals surface area contributed by atoms with E-state index in [0.29, 0.717) is 36.6 Å². The lowest BCUT2D eigenvalue weighted by Crippen LogP contribution is -2.32. The van der Waals surface area contributed by atoms with Gasteiger partial charge in [0.2, 0.25) is 11.7 Å². The molecule has 9 nitrogen and oxygen atoms in total. The number of nitrogens with one attached hydrogen (secondary N) is 2. The van der Waals surface area contributed by atoms with E-state index in [1.807, 2.05) is 4.90 Å². The Labute approximate surface area is 176 Å². The van der Waals surface area contributed by atoms with Crippen molar-refractivity contribution in [3.05, 3.63) is 12.2 Å². The quantitative estimate of drug-likeness (QED) is 0.683. The highest BCUT2D eigenvalue weighted by Crippen LogP contribution is 2.32. The Balaban J connectivity index is 1.50. The molecule has 1 saturated heterocycles. The summed E-state index contributed by atoms with van der Waals surface area (Å²) in [5.74, 6) is 0.0953. The molecule has 1 unspecified atom stereocenters. The minimum absolute atomic E-state index is 0.00311. The highest BCUT2D eigenvalue weighted by atomic mass is 19.4. The highest BCUT2D eigenvalue weighted by Gasteiger charge is 2.37. The molecule has 12 heteroatoms. The third-order valence-corrected chi connectivity index (χ3v) is 5.51. The fraction of sp³-hybridized carbons (Fsp3) is 0.632. The first kappa shape index (κ1) is 21.3. The van der Waals surface area contributed by atoms with Crippen molar-refractivity contribution in [2.24, 2.45) is 5.92 Å². The number of likely N-dealkylation sites (tertiary alicyclic amines) is 1. The molecule has 0 radical (unpaired) electrons. The van der Waals surface area contributed by atoms with Crippen molar-refractivity contribution < 1.29 is 22.8 Å². The summed E-state index contributed by atoms with van der Waals surface area (Å²) in [6.45, 7) is 2.87. The molecule has 0 spiro atoms. The Hall–Kier alpha value is -2.92. The summed E-state index contributed by atoms with van der Waals surface area (Å²) in [6, 6.07) is -0.00311. The lowest BCUT2D eigenvalue weighted by Gasteiger charge is -2.17. The molecule has 2 N–H and O–H groups in total. The van der Waals surface area contributed by atoms with Gasteiger partial charge < -0.3 is 20.1 Å². The number of hydrogen-bond donors (Lipinski definition) is 2. The predicted molar refractivity (Wildman–Crippen MR) is 105 cm³/mol. The van der Waals surface area contributed by atoms with Gasteiger partial charge in [0.1, 0.15) is 6.33 Å². The number of alkyl halides is 3. The maximum absolute atomic E-state index is 12.4. The first-order chi connectivity index (χ1) is 14.8. The molecular formula is C19H24F3N7O2. The molecule has 2 aromatic rings. The number of fused-ring (bicyclic) bond motifs is 1. The third-order valence-electron chi connectivity index (χ3n) is 5.51. The number of amides is 2. The fourth-order valence-corrected chi connectivity index (χ4v) is 3.77. The van der Waals surface area contributed by atoms with Gasteiger partial charge >= 0.3 is 6.18 Å². The molecule has 4 rings (SSSR count). The standard InChI is InChI=1S/C19H24F3N7O2/c1-2-29-15-13(27-16(29)17(30)23-7-6-19(20,21)22)14(24-10-25-15)26-12-5-8-28(9-12)18(31)11-3-4-11/h10-12H,2-9H2,1H3,(H,23,30)(H,24,25,26). The maximum Gasteiger partial charge on any atom is 0.390 e. The number of imidazole rings is 1. The van der Waals surface area contributed by atoms with Crippen LogP contribution in [-0.2, 0) is 11.3 Å². The molecule has 1 saturated carbocycles. The lowest BCUT2D eigenvalue weighted by molar-refractivity contribution is -0.133. The van der Waals surface area contributed by atoms with Gasteiger partial charge in [0.25, 0.3) is 5.91 Å². The molecule has 1 aliphatic heterocycles. The maximum atomic E-state index is 12.4. The van der Waals surface area contributed by atoms with Crippen LogP contribution in [0.25, 0.3) is 11.2 Å². The summed E-state index contributed by atoms with van der Waals surface area (Å²) < 4.78 is 38.7. The van der Waals surface area contributed by atoms with Crippen molar-refractivity contribution in [1.29, 1.82) is 0 Å². The molecule has 0 bridgehead atoms. The third kappa shape index (κ3) is 4.72. The van der Waals surface area contributed by atoms with Crippen LogP contribution in [0.5, 0.6) is 0 Å². The molecule has 0 aromatic carbocycles. The van der Waals surface area contributed by atoms with Gasteiger partial charge in [-0.3, -0.25) is 9.59 Å². The van der Waals surface area contributed by atoms with Crippen molar-refractivity contribution >= 4 is 28.8 Å². The molecule has 1 aliphatic carbocycles. The first-order valence-corrected chi connectivity index (χ1v) is 10.4. The number of carbonyl (C=O) groups excluding carboxylic acids is 2. The number of rotatable bonds is 7. The smallest absolute Gasteiger partial charge is 0.364 e. The zero-order valence-corrected chi connectivity index (χ0v) is 17.1. The number of hydrogen-bond acceptors (Lipinski definition) is 6. The van der Waals surface area contributed by atoms with Crippen LogP contribution in [0.15, 0.2) is 6.33 Å². The Morgan fingerprint density at radius 3 is 2.68 bits per heavy atom. The second-order valence-electron chi connectivity index (χ2n) is 7.88. The number of carbonyl (C=O) groups is 2. The van der Waals surface area contributed by atoms with Gasteiger partial charge in [-0.1, -0.05) is 0 Å². The van der Waals surface area contributed by atoms with E-state index in [4.69, 9.17) is 0 Å². The van der Waals surface area contributed by atoms with Crippen LogP contribution in [0.1, 0.15) is 43.2 Å². The largest absolute Gasteiger partial charge is 0.390 e. The van der Waals surface area contributed by atoms with Crippen molar-refractivity contribution in [1.82, 2.24) is 29.7 Å². The Bertz CT molecular complexity index is 987. The second kappa shape index (κ2) is 8.31. The molecule has 31 heavy (non-hydrogen) atoms. The predicted octanol–water partition coefficient (Wildman–Crippen LogP) is 1.95.